The monoisotopic (exact) mass is 169 g/mol. The van der Waals surface area contributed by atoms with Gasteiger partial charge in [0.15, 0.2) is 0 Å². The molecule has 0 saturated carbocycles. The number of hydrogen-bond donors (Lipinski definition) is 0. The quantitative estimate of drug-likeness (QED) is 0.689. The number of nitrogens with zero attached hydrogens (tertiary/aromatic N) is 1. The average molecular weight is 169 g/mol. The second-order valence-electron chi connectivity index (χ2n) is 2.50. The van der Waals surface area contributed by atoms with Crippen molar-refractivity contribution < 1.29 is 9.13 Å². The highest BCUT2D eigenvalue weighted by molar-refractivity contribution is 5.16. The van der Waals surface area contributed by atoms with Gasteiger partial charge in [-0.3, -0.25) is 4.98 Å². The van der Waals surface area contributed by atoms with Gasteiger partial charge in [0.1, 0.15) is 18.5 Å². The largest absolute Gasteiger partial charge is 0.490 e. The fourth-order valence-corrected chi connectivity index (χ4v) is 0.739. The molecule has 2 nitrogen and oxygen atoms in total. The number of rotatable bonds is 4. The third kappa shape index (κ3) is 2.86. The lowest BCUT2D eigenvalue weighted by atomic mass is 10.3. The van der Waals surface area contributed by atoms with Gasteiger partial charge in [-0.05, 0) is 18.6 Å². The van der Waals surface area contributed by atoms with E-state index in [4.69, 9.17) is 4.74 Å². The molecule has 66 valence electrons. The lowest BCUT2D eigenvalue weighted by molar-refractivity contribution is 0.191. The molecule has 1 heterocycles. The molecule has 1 rings (SSSR count). The molecule has 0 amide bonds. The van der Waals surface area contributed by atoms with Gasteiger partial charge in [-0.15, -0.1) is 0 Å². The Morgan fingerprint density at radius 2 is 2.17 bits per heavy atom. The smallest absolute Gasteiger partial charge is 0.134 e. The number of pyridine rings is 1. The highest BCUT2D eigenvalue weighted by Gasteiger charge is 2.02. The van der Waals surface area contributed by atoms with Crippen LogP contribution in [0, 0.1) is 0 Å². The third-order valence-electron chi connectivity index (χ3n) is 1.52. The lowest BCUT2D eigenvalue weighted by Crippen LogP contribution is -2.11. The summed E-state index contributed by atoms with van der Waals surface area (Å²) in [7, 11) is 0. The van der Waals surface area contributed by atoms with E-state index in [9.17, 15) is 4.39 Å². The van der Waals surface area contributed by atoms with Crippen LogP contribution in [0.4, 0.5) is 4.39 Å². The molecule has 1 atom stereocenters. The van der Waals surface area contributed by atoms with Gasteiger partial charge in [0.25, 0.3) is 0 Å². The summed E-state index contributed by atoms with van der Waals surface area (Å²) >= 11 is 0. The average Bonchev–Trinajstić information content (AvgIpc) is 2.16. The Labute approximate surface area is 71.4 Å². The minimum Gasteiger partial charge on any atom is -0.490 e. The SMILES string of the molecule is CC[C@H](F)COc1ccncc1. The molecule has 1 aromatic heterocycles. The van der Waals surface area contributed by atoms with Gasteiger partial charge in [-0.2, -0.15) is 0 Å². The van der Waals surface area contributed by atoms with Gasteiger partial charge in [-0.1, -0.05) is 6.92 Å². The predicted octanol–water partition coefficient (Wildman–Crippen LogP) is 2.21. The van der Waals surface area contributed by atoms with E-state index in [1.807, 2.05) is 0 Å². The summed E-state index contributed by atoms with van der Waals surface area (Å²) in [6, 6.07) is 3.42. The summed E-state index contributed by atoms with van der Waals surface area (Å²) in [6.07, 6.45) is 2.85. The van der Waals surface area contributed by atoms with Crippen LogP contribution in [0.1, 0.15) is 13.3 Å². The number of alkyl halides is 1. The highest BCUT2D eigenvalue weighted by atomic mass is 19.1. The molecule has 0 radical (unpaired) electrons. The molecular weight excluding hydrogens is 157 g/mol. The van der Waals surface area contributed by atoms with Crippen molar-refractivity contribution in [1.82, 2.24) is 4.98 Å². The minimum absolute atomic E-state index is 0.126. The van der Waals surface area contributed by atoms with E-state index in [1.54, 1.807) is 31.5 Å². The summed E-state index contributed by atoms with van der Waals surface area (Å²) in [5.41, 5.74) is 0. The van der Waals surface area contributed by atoms with Crippen LogP contribution in [-0.2, 0) is 0 Å². The lowest BCUT2D eigenvalue weighted by Gasteiger charge is -2.07. The molecular formula is C9H12FNO. The zero-order valence-corrected chi connectivity index (χ0v) is 7.03. The van der Waals surface area contributed by atoms with Crippen molar-refractivity contribution in [3.63, 3.8) is 0 Å². The van der Waals surface area contributed by atoms with Crippen molar-refractivity contribution in [2.75, 3.05) is 6.61 Å². The fourth-order valence-electron chi connectivity index (χ4n) is 0.739. The van der Waals surface area contributed by atoms with Crippen LogP contribution < -0.4 is 4.74 Å². The van der Waals surface area contributed by atoms with E-state index in [0.717, 1.165) is 0 Å². The van der Waals surface area contributed by atoms with E-state index in [-0.39, 0.29) is 6.61 Å². The first-order chi connectivity index (χ1) is 5.83. The Morgan fingerprint density at radius 1 is 1.50 bits per heavy atom. The maximum Gasteiger partial charge on any atom is 0.134 e. The molecule has 3 heteroatoms. The number of ether oxygens (including phenoxy) is 1. The van der Waals surface area contributed by atoms with Crippen molar-refractivity contribution in [3.8, 4) is 5.75 Å². The van der Waals surface area contributed by atoms with Gasteiger partial charge < -0.3 is 4.74 Å². The van der Waals surface area contributed by atoms with E-state index >= 15 is 0 Å². The second-order valence-corrected chi connectivity index (χ2v) is 2.50. The maximum absolute atomic E-state index is 12.7. The van der Waals surface area contributed by atoms with Crippen molar-refractivity contribution in [1.29, 1.82) is 0 Å². The predicted molar refractivity (Wildman–Crippen MR) is 44.9 cm³/mol. The Hall–Kier alpha value is -1.12. The summed E-state index contributed by atoms with van der Waals surface area (Å²) in [5.74, 6) is 0.668. The molecule has 0 N–H and O–H groups in total. The molecule has 12 heavy (non-hydrogen) atoms. The van der Waals surface area contributed by atoms with Gasteiger partial charge in [0.05, 0.1) is 0 Å². The Morgan fingerprint density at radius 3 is 2.75 bits per heavy atom. The van der Waals surface area contributed by atoms with Crippen LogP contribution in [0.25, 0.3) is 0 Å². The molecule has 0 aliphatic carbocycles. The van der Waals surface area contributed by atoms with Crippen molar-refractivity contribution >= 4 is 0 Å². The molecule has 0 bridgehead atoms. The molecule has 0 aliphatic rings. The van der Waals surface area contributed by atoms with E-state index in [1.165, 1.54) is 0 Å². The first-order valence-corrected chi connectivity index (χ1v) is 4.00. The van der Waals surface area contributed by atoms with Crippen molar-refractivity contribution in [3.05, 3.63) is 24.5 Å². The molecule has 0 unspecified atom stereocenters. The van der Waals surface area contributed by atoms with E-state index in [0.29, 0.717) is 12.2 Å². The fraction of sp³-hybridized carbons (Fsp3) is 0.444. The molecule has 1 aromatic rings. The third-order valence-corrected chi connectivity index (χ3v) is 1.52. The number of halogens is 1. The number of hydrogen-bond acceptors (Lipinski definition) is 2. The van der Waals surface area contributed by atoms with Gasteiger partial charge in [0, 0.05) is 12.4 Å². The first kappa shape index (κ1) is 8.97. The molecule has 0 saturated heterocycles. The molecule has 0 fully saturated rings. The van der Waals surface area contributed by atoms with Crippen LogP contribution in [0.5, 0.6) is 5.75 Å². The second kappa shape index (κ2) is 4.70. The van der Waals surface area contributed by atoms with E-state index < -0.39 is 6.17 Å². The summed E-state index contributed by atoms with van der Waals surface area (Å²) in [4.78, 5) is 3.82. The Bertz CT molecular complexity index is 215. The molecule has 0 aliphatic heterocycles. The Balaban J connectivity index is 2.33. The minimum atomic E-state index is -0.877. The normalized spacial score (nSPS) is 12.5. The number of aromatic nitrogens is 1. The summed E-state index contributed by atoms with van der Waals surface area (Å²) < 4.78 is 17.8. The zero-order chi connectivity index (χ0) is 8.81. The van der Waals surface area contributed by atoms with Crippen LogP contribution in [0.2, 0.25) is 0 Å². The highest BCUT2D eigenvalue weighted by Crippen LogP contribution is 2.08. The standard InChI is InChI=1S/C9H12FNO/c1-2-8(10)7-12-9-3-5-11-6-4-9/h3-6,8H,2,7H2,1H3/t8-/m0/s1. The molecule has 0 aromatic carbocycles. The van der Waals surface area contributed by atoms with Crippen LogP contribution in [-0.4, -0.2) is 17.8 Å². The van der Waals surface area contributed by atoms with Crippen LogP contribution in [0.3, 0.4) is 0 Å². The maximum atomic E-state index is 12.7. The summed E-state index contributed by atoms with van der Waals surface area (Å²) in [5, 5.41) is 0. The van der Waals surface area contributed by atoms with Crippen molar-refractivity contribution in [2.45, 2.75) is 19.5 Å². The Kier molecular flexibility index (Phi) is 3.51. The van der Waals surface area contributed by atoms with Gasteiger partial charge in [-0.25, -0.2) is 4.39 Å². The topological polar surface area (TPSA) is 22.1 Å². The van der Waals surface area contributed by atoms with Gasteiger partial charge >= 0.3 is 0 Å². The van der Waals surface area contributed by atoms with Crippen LogP contribution >= 0.6 is 0 Å². The van der Waals surface area contributed by atoms with Crippen molar-refractivity contribution in [2.24, 2.45) is 0 Å². The van der Waals surface area contributed by atoms with E-state index in [2.05, 4.69) is 4.98 Å². The summed E-state index contributed by atoms with van der Waals surface area (Å²) in [6.45, 7) is 1.92. The first-order valence-electron chi connectivity index (χ1n) is 4.00. The van der Waals surface area contributed by atoms with Crippen LogP contribution in [0.15, 0.2) is 24.5 Å². The zero-order valence-electron chi connectivity index (χ0n) is 7.03. The molecule has 0 spiro atoms. The van der Waals surface area contributed by atoms with Gasteiger partial charge in [0.2, 0.25) is 0 Å².